The number of hydrogen-bond acceptors (Lipinski definition) is 4. The topological polar surface area (TPSA) is 41.9 Å². The highest BCUT2D eigenvalue weighted by Gasteiger charge is 2.38. The number of fused-ring (bicyclic) bond motifs is 3. The number of ether oxygens (including phenoxy) is 2. The zero-order chi connectivity index (χ0) is 22.0. The van der Waals surface area contributed by atoms with Gasteiger partial charge in [-0.2, -0.15) is 0 Å². The summed E-state index contributed by atoms with van der Waals surface area (Å²) in [6.45, 7) is 2.93. The Hall–Kier alpha value is -1.52. The van der Waals surface area contributed by atoms with Crippen LogP contribution in [0.3, 0.4) is 0 Å². The Morgan fingerprint density at radius 3 is 2.78 bits per heavy atom. The minimum Gasteiger partial charge on any atom is -0.493 e. The zero-order valence-corrected chi connectivity index (χ0v) is 13.8. The molecule has 0 aliphatic carbocycles. The van der Waals surface area contributed by atoms with Crippen LogP contribution in [-0.2, 0) is 6.42 Å². The molecule has 0 bridgehead atoms. The molecule has 2 aliphatic heterocycles. The number of nitrogens with zero attached hydrogens (tertiary/aromatic N) is 1. The molecule has 0 saturated carbocycles. The normalized spacial score (nSPS) is 41.7. The van der Waals surface area contributed by atoms with E-state index in [1.165, 1.54) is 19.1 Å². The van der Waals surface area contributed by atoms with Gasteiger partial charge < -0.3 is 14.6 Å². The van der Waals surface area contributed by atoms with Gasteiger partial charge in [0.05, 0.1) is 21.7 Å². The summed E-state index contributed by atoms with van der Waals surface area (Å²) in [5.74, 6) is -1.65. The summed E-state index contributed by atoms with van der Waals surface area (Å²) in [5.41, 5.74) is 1.55. The largest absolute Gasteiger partial charge is 0.493 e. The van der Waals surface area contributed by atoms with E-state index in [1.54, 1.807) is 19.1 Å². The Morgan fingerprint density at radius 1 is 1.43 bits per heavy atom. The van der Waals surface area contributed by atoms with Crippen molar-refractivity contribution in [3.63, 3.8) is 0 Å². The first-order valence-corrected chi connectivity index (χ1v) is 7.64. The average molecular weight is 323 g/mol. The van der Waals surface area contributed by atoms with Gasteiger partial charge in [-0.25, -0.2) is 0 Å². The number of methoxy groups -OCH3 is 2. The molecule has 0 spiro atoms. The third kappa shape index (κ3) is 3.10. The fraction of sp³-hybridized carbons (Fsp3) is 0.579. The summed E-state index contributed by atoms with van der Waals surface area (Å²) in [6.07, 6.45) is -5.63. The molecule has 126 valence electrons. The van der Waals surface area contributed by atoms with E-state index < -0.39 is 30.9 Å². The van der Waals surface area contributed by atoms with E-state index in [0.29, 0.717) is 29.1 Å². The molecule has 2 aliphatic rings. The zero-order valence-electron chi connectivity index (χ0n) is 19.8. The first kappa shape index (κ1) is 10.4. The molecule has 0 unspecified atom stereocenters. The molecule has 4 nitrogen and oxygen atoms in total. The van der Waals surface area contributed by atoms with Crippen LogP contribution in [-0.4, -0.2) is 43.3 Å². The predicted octanol–water partition coefficient (Wildman–Crippen LogP) is 2.95. The molecule has 1 aromatic rings. The van der Waals surface area contributed by atoms with Crippen LogP contribution in [0.5, 0.6) is 11.5 Å². The second-order valence-corrected chi connectivity index (χ2v) is 5.97. The van der Waals surface area contributed by atoms with Gasteiger partial charge in [0.1, 0.15) is 0 Å². The molecule has 1 saturated heterocycles. The molecule has 1 aromatic carbocycles. The van der Waals surface area contributed by atoms with Crippen molar-refractivity contribution in [1.82, 2.24) is 4.90 Å². The van der Waals surface area contributed by atoms with Crippen LogP contribution in [0.4, 0.5) is 0 Å². The van der Waals surface area contributed by atoms with Crippen molar-refractivity contribution in [2.24, 2.45) is 5.89 Å². The van der Waals surface area contributed by atoms with Crippen LogP contribution >= 0.6 is 0 Å². The van der Waals surface area contributed by atoms with Gasteiger partial charge in [-0.15, -0.1) is 6.58 Å². The lowest BCUT2D eigenvalue weighted by Crippen LogP contribution is -2.48. The number of rotatable bonds is 4. The molecule has 0 radical (unpaired) electrons. The average Bonchev–Trinajstić information content (AvgIpc) is 2.63. The lowest BCUT2D eigenvalue weighted by molar-refractivity contribution is -0.0117. The first-order chi connectivity index (χ1) is 13.3. The van der Waals surface area contributed by atoms with Crippen LogP contribution < -0.4 is 9.47 Å². The number of hydrogen-bond donors (Lipinski definition) is 1. The SMILES string of the molecule is [2H]C1([2H])N2CCc3cc(OC)c(OC)cc3[C@@H]2C([2H])([2H])[C@@]([2H])(O)[C@@]1([2H])CC(=C)C. The monoisotopic (exact) mass is 323 g/mol. The van der Waals surface area contributed by atoms with Gasteiger partial charge in [0.15, 0.2) is 11.5 Å². The van der Waals surface area contributed by atoms with Crippen molar-refractivity contribution in [2.75, 3.05) is 27.3 Å². The summed E-state index contributed by atoms with van der Waals surface area (Å²) in [6, 6.07) is 2.02. The van der Waals surface area contributed by atoms with Crippen molar-refractivity contribution >= 4 is 0 Å². The van der Waals surface area contributed by atoms with Gasteiger partial charge in [0.25, 0.3) is 0 Å². The Balaban J connectivity index is 2.26. The summed E-state index contributed by atoms with van der Waals surface area (Å²) in [4.78, 5) is 1.26. The highest BCUT2D eigenvalue weighted by molar-refractivity contribution is 5.49. The van der Waals surface area contributed by atoms with Crippen LogP contribution in [0.15, 0.2) is 24.3 Å². The Morgan fingerprint density at radius 2 is 2.13 bits per heavy atom. The molecule has 23 heavy (non-hydrogen) atoms. The number of aliphatic hydroxyl groups is 1. The standard InChI is InChI=1S/C19H27NO3/c1-12(2)7-14-11-20-6-5-13-8-18(22-3)19(23-4)9-15(13)16(20)10-17(14)21/h8-9,14,16-17,21H,1,5-7,10-11H2,2-4H3/t14-,16-,17+/m0/s1/i10D2,11D2,14D,17D. The molecule has 4 heteroatoms. The van der Waals surface area contributed by atoms with Crippen molar-refractivity contribution in [3.05, 3.63) is 35.4 Å². The van der Waals surface area contributed by atoms with E-state index in [-0.39, 0.29) is 13.0 Å². The third-order valence-electron chi connectivity index (χ3n) is 4.19. The summed E-state index contributed by atoms with van der Waals surface area (Å²) in [7, 11) is 2.94. The van der Waals surface area contributed by atoms with Crippen LogP contribution in [0.2, 0.25) is 0 Å². The second kappa shape index (κ2) is 6.54. The fourth-order valence-corrected chi connectivity index (χ4v) is 3.09. The van der Waals surface area contributed by atoms with E-state index >= 15 is 0 Å². The van der Waals surface area contributed by atoms with E-state index in [2.05, 4.69) is 6.58 Å². The van der Waals surface area contributed by atoms with Gasteiger partial charge in [-0.1, -0.05) is 5.57 Å². The molecular weight excluding hydrogens is 290 g/mol. The molecule has 3 atom stereocenters. The third-order valence-corrected chi connectivity index (χ3v) is 4.19. The molecule has 0 amide bonds. The number of benzene rings is 1. The number of piperidine rings is 1. The highest BCUT2D eigenvalue weighted by atomic mass is 16.5. The maximum absolute atomic E-state index is 11.0. The van der Waals surface area contributed by atoms with Gasteiger partial charge in [0, 0.05) is 31.8 Å². The Kier molecular flexibility index (Phi) is 2.95. The molecule has 3 rings (SSSR count). The minimum absolute atomic E-state index is 0.132. The number of allylic oxidation sites excluding steroid dienone is 1. The molecule has 2 heterocycles. The predicted molar refractivity (Wildman–Crippen MR) is 91.1 cm³/mol. The van der Waals surface area contributed by atoms with Crippen LogP contribution in [0.1, 0.15) is 45.1 Å². The van der Waals surface area contributed by atoms with Crippen LogP contribution in [0.25, 0.3) is 0 Å². The van der Waals surface area contributed by atoms with Gasteiger partial charge >= 0.3 is 0 Å². The maximum Gasteiger partial charge on any atom is 0.161 e. The minimum atomic E-state index is -3.04. The lowest BCUT2D eigenvalue weighted by Gasteiger charge is -2.46. The first-order valence-electron chi connectivity index (χ1n) is 10.6. The summed E-state index contributed by atoms with van der Waals surface area (Å²) >= 11 is 0. The summed E-state index contributed by atoms with van der Waals surface area (Å²) < 4.78 is 62.7. The maximum atomic E-state index is 11.0. The second-order valence-electron chi connectivity index (χ2n) is 5.97. The molecular formula is C19H27NO3. The Labute approximate surface area is 147 Å². The van der Waals surface area contributed by atoms with E-state index in [9.17, 15) is 5.11 Å². The van der Waals surface area contributed by atoms with Crippen molar-refractivity contribution < 1.29 is 22.8 Å². The van der Waals surface area contributed by atoms with Crippen LogP contribution in [0, 0.1) is 5.89 Å². The van der Waals surface area contributed by atoms with Crippen molar-refractivity contribution in [3.8, 4) is 11.5 Å². The van der Waals surface area contributed by atoms with E-state index in [0.717, 1.165) is 5.56 Å². The molecule has 1 fully saturated rings. The fourth-order valence-electron chi connectivity index (χ4n) is 3.09. The van der Waals surface area contributed by atoms with Gasteiger partial charge in [-0.05, 0) is 49.4 Å². The van der Waals surface area contributed by atoms with Gasteiger partial charge in [0.2, 0.25) is 0 Å². The molecule has 1 N–H and O–H groups in total. The smallest absolute Gasteiger partial charge is 0.161 e. The lowest BCUT2D eigenvalue weighted by atomic mass is 9.80. The van der Waals surface area contributed by atoms with E-state index in [1.807, 2.05) is 0 Å². The van der Waals surface area contributed by atoms with Crippen molar-refractivity contribution in [1.29, 1.82) is 0 Å². The Bertz CT molecular complexity index is 843. The van der Waals surface area contributed by atoms with E-state index in [4.69, 9.17) is 17.7 Å². The highest BCUT2D eigenvalue weighted by Crippen LogP contribution is 2.43. The molecule has 0 aromatic heterocycles. The van der Waals surface area contributed by atoms with Crippen molar-refractivity contribution in [2.45, 2.75) is 38.3 Å². The summed E-state index contributed by atoms with van der Waals surface area (Å²) in [5, 5.41) is 11.0. The quantitative estimate of drug-likeness (QED) is 0.865. The van der Waals surface area contributed by atoms with Gasteiger partial charge in [-0.3, -0.25) is 4.90 Å².